The molecule has 0 amide bonds. The molecule has 6 nitrogen and oxygen atoms in total. The van der Waals surface area contributed by atoms with Crippen molar-refractivity contribution in [2.24, 2.45) is 0 Å². The molecule has 0 aromatic heterocycles. The van der Waals surface area contributed by atoms with Crippen LogP contribution in [0.2, 0.25) is 0 Å². The highest BCUT2D eigenvalue weighted by atomic mass is 16.5. The van der Waals surface area contributed by atoms with Crippen LogP contribution in [-0.2, 0) is 25.5 Å². The minimum Gasteiger partial charge on any atom is -0.469 e. The third-order valence-corrected chi connectivity index (χ3v) is 4.92. The summed E-state index contributed by atoms with van der Waals surface area (Å²) in [5, 5.41) is 0. The Morgan fingerprint density at radius 3 is 1.34 bits per heavy atom. The summed E-state index contributed by atoms with van der Waals surface area (Å²) in [5.74, 6) is -0.402. The fraction of sp³-hybridized carbons (Fsp3) is 0.391. The average Bonchev–Trinajstić information content (AvgIpc) is 2.76. The summed E-state index contributed by atoms with van der Waals surface area (Å²) < 4.78 is 9.37. The van der Waals surface area contributed by atoms with Crippen molar-refractivity contribution < 1.29 is 19.1 Å². The Morgan fingerprint density at radius 2 is 1.03 bits per heavy atom. The van der Waals surface area contributed by atoms with Crippen molar-refractivity contribution in [2.75, 3.05) is 51.2 Å². The molecule has 0 bridgehead atoms. The molecule has 0 radical (unpaired) electrons. The Kier molecular flexibility index (Phi) is 8.52. The summed E-state index contributed by atoms with van der Waals surface area (Å²) in [4.78, 5) is 26.6. The topological polar surface area (TPSA) is 59.1 Å². The number of hydrogen-bond acceptors (Lipinski definition) is 6. The van der Waals surface area contributed by atoms with Crippen LogP contribution in [0.25, 0.3) is 0 Å². The molecular weight excluding hydrogens is 368 g/mol. The zero-order valence-corrected chi connectivity index (χ0v) is 17.7. The molecule has 0 aliphatic heterocycles. The van der Waals surface area contributed by atoms with Gasteiger partial charge in [0.05, 0.1) is 27.1 Å². The molecule has 0 heterocycles. The first kappa shape index (κ1) is 22.3. The van der Waals surface area contributed by atoms with Gasteiger partial charge in [0.25, 0.3) is 0 Å². The lowest BCUT2D eigenvalue weighted by atomic mass is 10.0. The first-order valence-corrected chi connectivity index (χ1v) is 9.66. The molecule has 156 valence electrons. The minimum atomic E-state index is -0.201. The molecule has 0 unspecified atom stereocenters. The van der Waals surface area contributed by atoms with Crippen molar-refractivity contribution in [3.05, 3.63) is 59.7 Å². The molecule has 0 saturated heterocycles. The Bertz CT molecular complexity index is 720. The molecular formula is C23H30N2O4. The SMILES string of the molecule is COC(=O)CCN(C)c1ccc(Cc2ccc(N(C)CCC(=O)OC)cc2)cc1. The molecule has 0 aliphatic rings. The van der Waals surface area contributed by atoms with E-state index in [9.17, 15) is 9.59 Å². The minimum absolute atomic E-state index is 0.201. The highest BCUT2D eigenvalue weighted by molar-refractivity contribution is 5.70. The molecule has 2 aromatic rings. The van der Waals surface area contributed by atoms with Crippen molar-refractivity contribution in [1.82, 2.24) is 0 Å². The van der Waals surface area contributed by atoms with E-state index in [1.807, 2.05) is 23.9 Å². The van der Waals surface area contributed by atoms with Crippen LogP contribution in [0.5, 0.6) is 0 Å². The van der Waals surface area contributed by atoms with Gasteiger partial charge in [-0.3, -0.25) is 9.59 Å². The normalized spacial score (nSPS) is 10.3. The van der Waals surface area contributed by atoms with Crippen molar-refractivity contribution in [3.8, 4) is 0 Å². The van der Waals surface area contributed by atoms with E-state index in [1.165, 1.54) is 25.3 Å². The molecule has 0 fully saturated rings. The van der Waals surface area contributed by atoms with Crippen molar-refractivity contribution >= 4 is 23.3 Å². The van der Waals surface area contributed by atoms with Gasteiger partial charge in [0.1, 0.15) is 0 Å². The number of ether oxygens (including phenoxy) is 2. The van der Waals surface area contributed by atoms with Crippen LogP contribution >= 0.6 is 0 Å². The second-order valence-electron chi connectivity index (χ2n) is 7.01. The van der Waals surface area contributed by atoms with Gasteiger partial charge in [0, 0.05) is 38.6 Å². The van der Waals surface area contributed by atoms with Crippen LogP contribution in [0.4, 0.5) is 11.4 Å². The van der Waals surface area contributed by atoms with E-state index in [2.05, 4.69) is 58.0 Å². The van der Waals surface area contributed by atoms with Gasteiger partial charge in [-0.15, -0.1) is 0 Å². The van der Waals surface area contributed by atoms with Crippen LogP contribution in [0.3, 0.4) is 0 Å². The summed E-state index contributed by atoms with van der Waals surface area (Å²) >= 11 is 0. The summed E-state index contributed by atoms with van der Waals surface area (Å²) in [6.07, 6.45) is 1.59. The van der Waals surface area contributed by atoms with Crippen LogP contribution in [0.1, 0.15) is 24.0 Å². The molecule has 0 N–H and O–H groups in total. The number of nitrogens with zero attached hydrogens (tertiary/aromatic N) is 2. The zero-order valence-electron chi connectivity index (χ0n) is 17.7. The van der Waals surface area contributed by atoms with Crippen molar-refractivity contribution in [3.63, 3.8) is 0 Å². The van der Waals surface area contributed by atoms with Crippen LogP contribution in [0, 0.1) is 0 Å². The lowest BCUT2D eigenvalue weighted by molar-refractivity contribution is -0.141. The maximum absolute atomic E-state index is 11.3. The maximum Gasteiger partial charge on any atom is 0.307 e. The molecule has 2 rings (SSSR count). The number of rotatable bonds is 10. The maximum atomic E-state index is 11.3. The number of methoxy groups -OCH3 is 2. The number of anilines is 2. The van der Waals surface area contributed by atoms with Crippen molar-refractivity contribution in [1.29, 1.82) is 0 Å². The molecule has 0 spiro atoms. The van der Waals surface area contributed by atoms with E-state index < -0.39 is 0 Å². The lowest BCUT2D eigenvalue weighted by Crippen LogP contribution is -2.21. The van der Waals surface area contributed by atoms with Gasteiger partial charge in [-0.1, -0.05) is 24.3 Å². The van der Waals surface area contributed by atoms with Gasteiger partial charge in [-0.25, -0.2) is 0 Å². The van der Waals surface area contributed by atoms with Gasteiger partial charge in [0.2, 0.25) is 0 Å². The van der Waals surface area contributed by atoms with Gasteiger partial charge in [-0.2, -0.15) is 0 Å². The van der Waals surface area contributed by atoms with Crippen LogP contribution in [0.15, 0.2) is 48.5 Å². The highest BCUT2D eigenvalue weighted by Crippen LogP contribution is 2.19. The third-order valence-electron chi connectivity index (χ3n) is 4.92. The van der Waals surface area contributed by atoms with Gasteiger partial charge in [-0.05, 0) is 41.8 Å². The monoisotopic (exact) mass is 398 g/mol. The molecule has 29 heavy (non-hydrogen) atoms. The summed E-state index contributed by atoms with van der Waals surface area (Å²) in [7, 11) is 6.74. The molecule has 6 heteroatoms. The van der Waals surface area contributed by atoms with Gasteiger partial charge in [0.15, 0.2) is 0 Å². The van der Waals surface area contributed by atoms with E-state index in [0.717, 1.165) is 17.8 Å². The van der Waals surface area contributed by atoms with E-state index in [0.29, 0.717) is 25.9 Å². The lowest BCUT2D eigenvalue weighted by Gasteiger charge is -2.19. The van der Waals surface area contributed by atoms with Crippen LogP contribution in [-0.4, -0.2) is 53.3 Å². The predicted molar refractivity (Wildman–Crippen MR) is 115 cm³/mol. The standard InChI is InChI=1S/C23H30N2O4/c1-24(15-13-22(26)28-3)20-9-5-18(6-10-20)17-19-7-11-21(12-8-19)25(2)16-14-23(27)29-4/h5-12H,13-17H2,1-4H3. The fourth-order valence-electron chi connectivity index (χ4n) is 2.95. The highest BCUT2D eigenvalue weighted by Gasteiger charge is 2.07. The molecule has 0 atom stereocenters. The number of hydrogen-bond donors (Lipinski definition) is 0. The smallest absolute Gasteiger partial charge is 0.307 e. The fourth-order valence-corrected chi connectivity index (χ4v) is 2.95. The van der Waals surface area contributed by atoms with E-state index in [-0.39, 0.29) is 11.9 Å². The van der Waals surface area contributed by atoms with Crippen molar-refractivity contribution in [2.45, 2.75) is 19.3 Å². The van der Waals surface area contributed by atoms with E-state index in [4.69, 9.17) is 0 Å². The second-order valence-corrected chi connectivity index (χ2v) is 7.01. The zero-order chi connectivity index (χ0) is 21.2. The number of carbonyl (C=O) groups excluding carboxylic acids is 2. The first-order valence-electron chi connectivity index (χ1n) is 9.66. The molecule has 0 saturated carbocycles. The summed E-state index contributed by atoms with van der Waals surface area (Å²) in [6.45, 7) is 1.24. The Labute approximate surface area is 173 Å². The number of carbonyl (C=O) groups is 2. The van der Waals surface area contributed by atoms with Gasteiger partial charge >= 0.3 is 11.9 Å². The predicted octanol–water partition coefficient (Wildman–Crippen LogP) is 3.28. The Balaban J connectivity index is 1.89. The van der Waals surface area contributed by atoms with E-state index in [1.54, 1.807) is 0 Å². The average molecular weight is 399 g/mol. The Morgan fingerprint density at radius 1 is 0.690 bits per heavy atom. The quantitative estimate of drug-likeness (QED) is 0.573. The van der Waals surface area contributed by atoms with Crippen LogP contribution < -0.4 is 9.80 Å². The molecule has 2 aromatic carbocycles. The largest absolute Gasteiger partial charge is 0.469 e. The summed E-state index contributed by atoms with van der Waals surface area (Å²) in [6, 6.07) is 16.7. The number of benzene rings is 2. The second kappa shape index (κ2) is 11.1. The Hall–Kier alpha value is -3.02. The number of esters is 2. The molecule has 0 aliphatic carbocycles. The summed E-state index contributed by atoms with van der Waals surface area (Å²) in [5.41, 5.74) is 4.59. The van der Waals surface area contributed by atoms with E-state index >= 15 is 0 Å². The van der Waals surface area contributed by atoms with Gasteiger partial charge < -0.3 is 19.3 Å². The third kappa shape index (κ3) is 7.14. The first-order chi connectivity index (χ1) is 13.9.